The van der Waals surface area contributed by atoms with E-state index in [-0.39, 0.29) is 0 Å². The lowest BCUT2D eigenvalue weighted by Crippen LogP contribution is -2.08. The second-order valence-corrected chi connectivity index (χ2v) is 6.75. The number of hydrogen-bond donors (Lipinski definition) is 1. The number of nitrogens with one attached hydrogen (secondary N) is 1. The van der Waals surface area contributed by atoms with Gasteiger partial charge >= 0.3 is 0 Å². The van der Waals surface area contributed by atoms with Gasteiger partial charge < -0.3 is 5.32 Å². The lowest BCUT2D eigenvalue weighted by atomic mass is 10.2. The SMILES string of the molecule is Cc1nc(CCNc2nc(-c3ccncc3)nc3ccccc23)cs1. The number of rotatable bonds is 5. The zero-order valence-corrected chi connectivity index (χ0v) is 14.6. The Bertz CT molecular complexity index is 997. The Morgan fingerprint density at radius 1 is 1.00 bits per heavy atom. The number of fused-ring (bicyclic) bond motifs is 1. The minimum atomic E-state index is 0.702. The predicted octanol–water partition coefficient (Wildman–Crippen LogP) is 4.11. The highest BCUT2D eigenvalue weighted by molar-refractivity contribution is 7.09. The summed E-state index contributed by atoms with van der Waals surface area (Å²) < 4.78 is 0. The van der Waals surface area contributed by atoms with Crippen molar-refractivity contribution in [1.29, 1.82) is 0 Å². The molecule has 0 saturated carbocycles. The van der Waals surface area contributed by atoms with Crippen LogP contribution in [0.2, 0.25) is 0 Å². The van der Waals surface area contributed by atoms with E-state index in [1.807, 2.05) is 43.3 Å². The molecule has 124 valence electrons. The molecule has 4 rings (SSSR count). The molecule has 0 radical (unpaired) electrons. The summed E-state index contributed by atoms with van der Waals surface area (Å²) in [5.41, 5.74) is 3.00. The molecule has 0 aliphatic rings. The van der Waals surface area contributed by atoms with Gasteiger partial charge in [-0.2, -0.15) is 0 Å². The normalized spacial score (nSPS) is 10.9. The Kier molecular flexibility index (Phi) is 4.35. The van der Waals surface area contributed by atoms with Crippen molar-refractivity contribution in [3.63, 3.8) is 0 Å². The van der Waals surface area contributed by atoms with Crippen molar-refractivity contribution in [2.45, 2.75) is 13.3 Å². The lowest BCUT2D eigenvalue weighted by molar-refractivity contribution is 0.961. The number of thiazole rings is 1. The van der Waals surface area contributed by atoms with Crippen LogP contribution in [0.1, 0.15) is 10.7 Å². The van der Waals surface area contributed by atoms with Crippen LogP contribution < -0.4 is 5.32 Å². The molecule has 0 saturated heterocycles. The van der Waals surface area contributed by atoms with E-state index in [9.17, 15) is 0 Å². The Morgan fingerprint density at radius 3 is 2.64 bits per heavy atom. The van der Waals surface area contributed by atoms with Gasteiger partial charge in [0.2, 0.25) is 0 Å². The minimum Gasteiger partial charge on any atom is -0.369 e. The average molecular weight is 347 g/mol. The second kappa shape index (κ2) is 6.94. The number of para-hydroxylation sites is 1. The van der Waals surface area contributed by atoms with Gasteiger partial charge in [0.15, 0.2) is 5.82 Å². The number of benzene rings is 1. The first-order chi connectivity index (χ1) is 12.3. The molecule has 0 spiro atoms. The molecular formula is C19H17N5S. The van der Waals surface area contributed by atoms with Crippen molar-refractivity contribution < 1.29 is 0 Å². The summed E-state index contributed by atoms with van der Waals surface area (Å²) in [5.74, 6) is 1.55. The molecule has 6 heteroatoms. The first-order valence-corrected chi connectivity index (χ1v) is 8.99. The van der Waals surface area contributed by atoms with E-state index in [0.29, 0.717) is 5.82 Å². The lowest BCUT2D eigenvalue weighted by Gasteiger charge is -2.10. The summed E-state index contributed by atoms with van der Waals surface area (Å²) in [5, 5.41) is 7.68. The molecule has 5 nitrogen and oxygen atoms in total. The van der Waals surface area contributed by atoms with Crippen molar-refractivity contribution in [1.82, 2.24) is 19.9 Å². The van der Waals surface area contributed by atoms with E-state index >= 15 is 0 Å². The maximum absolute atomic E-state index is 4.74. The van der Waals surface area contributed by atoms with Gasteiger partial charge in [-0.1, -0.05) is 12.1 Å². The van der Waals surface area contributed by atoms with Crippen molar-refractivity contribution in [2.75, 3.05) is 11.9 Å². The fourth-order valence-electron chi connectivity index (χ4n) is 2.67. The number of hydrogen-bond acceptors (Lipinski definition) is 6. The quantitative estimate of drug-likeness (QED) is 0.588. The summed E-state index contributed by atoms with van der Waals surface area (Å²) in [6.45, 7) is 2.81. The van der Waals surface area contributed by atoms with Gasteiger partial charge in [-0.05, 0) is 31.2 Å². The molecule has 0 fully saturated rings. The van der Waals surface area contributed by atoms with Gasteiger partial charge in [0.25, 0.3) is 0 Å². The Labute approximate surface area is 149 Å². The first-order valence-electron chi connectivity index (χ1n) is 8.12. The largest absolute Gasteiger partial charge is 0.369 e. The summed E-state index contributed by atoms with van der Waals surface area (Å²) in [7, 11) is 0. The third kappa shape index (κ3) is 3.49. The number of aryl methyl sites for hydroxylation is 1. The molecule has 3 heterocycles. The third-order valence-electron chi connectivity index (χ3n) is 3.88. The fraction of sp³-hybridized carbons (Fsp3) is 0.158. The van der Waals surface area contributed by atoms with Gasteiger partial charge in [-0.25, -0.2) is 15.0 Å². The summed E-state index contributed by atoms with van der Waals surface area (Å²) in [6, 6.07) is 11.9. The summed E-state index contributed by atoms with van der Waals surface area (Å²) in [4.78, 5) is 18.0. The molecule has 0 amide bonds. The highest BCUT2D eigenvalue weighted by Crippen LogP contribution is 2.24. The van der Waals surface area contributed by atoms with Crippen molar-refractivity contribution >= 4 is 28.1 Å². The van der Waals surface area contributed by atoms with E-state index < -0.39 is 0 Å². The molecular weight excluding hydrogens is 330 g/mol. The van der Waals surface area contributed by atoms with Crippen molar-refractivity contribution in [3.05, 3.63) is 64.9 Å². The highest BCUT2D eigenvalue weighted by atomic mass is 32.1. The monoisotopic (exact) mass is 347 g/mol. The number of pyridine rings is 1. The first kappa shape index (κ1) is 15.7. The molecule has 0 bridgehead atoms. The van der Waals surface area contributed by atoms with Crippen LogP contribution in [0.15, 0.2) is 54.2 Å². The Morgan fingerprint density at radius 2 is 1.84 bits per heavy atom. The van der Waals surface area contributed by atoms with Crippen LogP contribution in [0, 0.1) is 6.92 Å². The van der Waals surface area contributed by atoms with Crippen molar-refractivity contribution in [3.8, 4) is 11.4 Å². The van der Waals surface area contributed by atoms with E-state index in [1.165, 1.54) is 0 Å². The van der Waals surface area contributed by atoms with Crippen LogP contribution >= 0.6 is 11.3 Å². The van der Waals surface area contributed by atoms with E-state index in [4.69, 9.17) is 4.98 Å². The number of aromatic nitrogens is 4. The predicted molar refractivity (Wildman–Crippen MR) is 102 cm³/mol. The van der Waals surface area contributed by atoms with Gasteiger partial charge in [0.05, 0.1) is 16.2 Å². The molecule has 0 aliphatic heterocycles. The topological polar surface area (TPSA) is 63.6 Å². The number of nitrogens with zero attached hydrogens (tertiary/aromatic N) is 4. The molecule has 1 aromatic carbocycles. The molecule has 0 atom stereocenters. The third-order valence-corrected chi connectivity index (χ3v) is 4.70. The fourth-order valence-corrected chi connectivity index (χ4v) is 3.32. The van der Waals surface area contributed by atoms with Gasteiger partial charge in [0.1, 0.15) is 5.82 Å². The maximum Gasteiger partial charge on any atom is 0.162 e. The molecule has 4 aromatic rings. The molecule has 1 N–H and O–H groups in total. The molecule has 0 aliphatic carbocycles. The van der Waals surface area contributed by atoms with E-state index in [1.54, 1.807) is 23.7 Å². The minimum absolute atomic E-state index is 0.702. The highest BCUT2D eigenvalue weighted by Gasteiger charge is 2.09. The summed E-state index contributed by atoms with van der Waals surface area (Å²) in [6.07, 6.45) is 4.38. The molecule has 3 aromatic heterocycles. The zero-order valence-electron chi connectivity index (χ0n) is 13.8. The zero-order chi connectivity index (χ0) is 17.1. The van der Waals surface area contributed by atoms with Crippen LogP contribution in [0.4, 0.5) is 5.82 Å². The van der Waals surface area contributed by atoms with Crippen LogP contribution in [-0.4, -0.2) is 26.5 Å². The average Bonchev–Trinajstić information content (AvgIpc) is 3.07. The standard InChI is InChI=1S/C19H17N5S/c1-13-22-15(12-25-13)8-11-21-19-16-4-2-3-5-17(16)23-18(24-19)14-6-9-20-10-7-14/h2-7,9-10,12H,8,11H2,1H3,(H,21,23,24). The maximum atomic E-state index is 4.74. The molecule has 25 heavy (non-hydrogen) atoms. The summed E-state index contributed by atoms with van der Waals surface area (Å²) >= 11 is 1.68. The van der Waals surface area contributed by atoms with Crippen LogP contribution in [-0.2, 0) is 6.42 Å². The van der Waals surface area contributed by atoms with Crippen molar-refractivity contribution in [2.24, 2.45) is 0 Å². The smallest absolute Gasteiger partial charge is 0.162 e. The van der Waals surface area contributed by atoms with Gasteiger partial charge in [-0.3, -0.25) is 4.98 Å². The molecule has 0 unspecified atom stereocenters. The number of anilines is 1. The van der Waals surface area contributed by atoms with Crippen LogP contribution in [0.3, 0.4) is 0 Å². The van der Waals surface area contributed by atoms with E-state index in [0.717, 1.165) is 46.0 Å². The van der Waals surface area contributed by atoms with Gasteiger partial charge in [-0.15, -0.1) is 11.3 Å². The van der Waals surface area contributed by atoms with Crippen LogP contribution in [0.5, 0.6) is 0 Å². The van der Waals surface area contributed by atoms with Crippen LogP contribution in [0.25, 0.3) is 22.3 Å². The Hall–Kier alpha value is -2.86. The van der Waals surface area contributed by atoms with E-state index in [2.05, 4.69) is 25.6 Å². The Balaban J connectivity index is 1.64. The second-order valence-electron chi connectivity index (χ2n) is 5.68. The van der Waals surface area contributed by atoms with Gasteiger partial charge in [0, 0.05) is 41.7 Å².